The minimum absolute atomic E-state index is 0.207. The molecule has 1 unspecified atom stereocenters. The van der Waals surface area contributed by atoms with Crippen molar-refractivity contribution in [1.29, 1.82) is 0 Å². The largest absolute Gasteiger partial charge is 0.466 e. The summed E-state index contributed by atoms with van der Waals surface area (Å²) in [6.07, 6.45) is 4.76. The van der Waals surface area contributed by atoms with Crippen molar-refractivity contribution in [2.24, 2.45) is 11.3 Å². The fraction of sp³-hybridized carbons (Fsp3) is 0.714. The number of ketones is 1. The number of allylic oxidation sites excluding steroid dienone is 1. The van der Waals surface area contributed by atoms with Gasteiger partial charge in [0.1, 0.15) is 5.78 Å². The standard InChI is InChI=1S/C14H20O3/c1-3-17-13(16)11-8-10(2)9-14(11)7-5-4-6-12(14)15/h11H,2-9H2,1H3/t11?,14-/m0/s1. The normalized spacial score (nSPS) is 33.1. The molecule has 2 fully saturated rings. The fourth-order valence-corrected chi connectivity index (χ4v) is 3.35. The van der Waals surface area contributed by atoms with Gasteiger partial charge in [-0.3, -0.25) is 9.59 Å². The smallest absolute Gasteiger partial charge is 0.310 e. The topological polar surface area (TPSA) is 43.4 Å². The highest BCUT2D eigenvalue weighted by Crippen LogP contribution is 2.52. The molecule has 2 atom stereocenters. The number of hydrogen-bond donors (Lipinski definition) is 0. The molecule has 1 spiro atoms. The van der Waals surface area contributed by atoms with Crippen molar-refractivity contribution in [3.05, 3.63) is 12.2 Å². The minimum atomic E-state index is -0.471. The zero-order valence-corrected chi connectivity index (χ0v) is 10.5. The van der Waals surface area contributed by atoms with Gasteiger partial charge in [-0.15, -0.1) is 0 Å². The molecule has 2 saturated carbocycles. The van der Waals surface area contributed by atoms with Gasteiger partial charge in [-0.05, 0) is 32.6 Å². The van der Waals surface area contributed by atoms with Crippen LogP contribution in [0.5, 0.6) is 0 Å². The molecule has 0 bridgehead atoms. The summed E-state index contributed by atoms with van der Waals surface area (Å²) < 4.78 is 5.12. The van der Waals surface area contributed by atoms with E-state index in [2.05, 4.69) is 6.58 Å². The van der Waals surface area contributed by atoms with E-state index in [-0.39, 0.29) is 17.7 Å². The monoisotopic (exact) mass is 236 g/mol. The molecule has 0 N–H and O–H groups in total. The first-order chi connectivity index (χ1) is 8.10. The zero-order chi connectivity index (χ0) is 12.5. The maximum absolute atomic E-state index is 12.2. The quantitative estimate of drug-likeness (QED) is 0.547. The SMILES string of the molecule is C=C1CC(C(=O)OCC)[C@]2(CCCCC2=O)C1. The van der Waals surface area contributed by atoms with Crippen LogP contribution in [0.4, 0.5) is 0 Å². The molecule has 0 radical (unpaired) electrons. The second-order valence-electron chi connectivity index (χ2n) is 5.22. The lowest BCUT2D eigenvalue weighted by Crippen LogP contribution is -2.41. The van der Waals surface area contributed by atoms with Gasteiger partial charge in [0.05, 0.1) is 12.5 Å². The van der Waals surface area contributed by atoms with Gasteiger partial charge in [-0.25, -0.2) is 0 Å². The van der Waals surface area contributed by atoms with Crippen molar-refractivity contribution in [3.63, 3.8) is 0 Å². The van der Waals surface area contributed by atoms with E-state index in [1.807, 2.05) is 0 Å². The van der Waals surface area contributed by atoms with Gasteiger partial charge in [-0.1, -0.05) is 18.6 Å². The molecule has 0 aliphatic heterocycles. The fourth-order valence-electron chi connectivity index (χ4n) is 3.35. The number of esters is 1. The number of rotatable bonds is 2. The summed E-state index contributed by atoms with van der Waals surface area (Å²) >= 11 is 0. The van der Waals surface area contributed by atoms with Crippen molar-refractivity contribution in [2.75, 3.05) is 6.61 Å². The van der Waals surface area contributed by atoms with Crippen LogP contribution >= 0.6 is 0 Å². The van der Waals surface area contributed by atoms with E-state index in [0.717, 1.165) is 24.8 Å². The second-order valence-corrected chi connectivity index (χ2v) is 5.22. The molecule has 17 heavy (non-hydrogen) atoms. The molecule has 0 heterocycles. The Labute approximate surface area is 102 Å². The summed E-state index contributed by atoms with van der Waals surface area (Å²) in [6, 6.07) is 0. The van der Waals surface area contributed by atoms with Gasteiger partial charge in [0, 0.05) is 11.8 Å². The van der Waals surface area contributed by atoms with Crippen LogP contribution in [-0.4, -0.2) is 18.4 Å². The Hall–Kier alpha value is -1.12. The number of carbonyl (C=O) groups excluding carboxylic acids is 2. The summed E-state index contributed by atoms with van der Waals surface area (Å²) in [6.45, 7) is 6.15. The predicted molar refractivity (Wildman–Crippen MR) is 64.4 cm³/mol. The van der Waals surface area contributed by atoms with Crippen LogP contribution in [0, 0.1) is 11.3 Å². The summed E-state index contributed by atoms with van der Waals surface area (Å²) in [7, 11) is 0. The third-order valence-corrected chi connectivity index (χ3v) is 4.13. The molecule has 0 amide bonds. The lowest BCUT2D eigenvalue weighted by molar-refractivity contribution is -0.157. The average molecular weight is 236 g/mol. The van der Waals surface area contributed by atoms with Gasteiger partial charge < -0.3 is 4.74 Å². The first-order valence-electron chi connectivity index (χ1n) is 6.47. The number of carbonyl (C=O) groups is 2. The van der Waals surface area contributed by atoms with Crippen LogP contribution < -0.4 is 0 Å². The van der Waals surface area contributed by atoms with E-state index in [1.165, 1.54) is 0 Å². The Morgan fingerprint density at radius 2 is 2.29 bits per heavy atom. The summed E-state index contributed by atoms with van der Waals surface area (Å²) in [5.41, 5.74) is 0.556. The Morgan fingerprint density at radius 3 is 2.94 bits per heavy atom. The maximum Gasteiger partial charge on any atom is 0.310 e. The number of ether oxygens (including phenoxy) is 1. The third kappa shape index (κ3) is 2.03. The molecule has 2 rings (SSSR count). The summed E-state index contributed by atoms with van der Waals surface area (Å²) in [5, 5.41) is 0. The Kier molecular flexibility index (Phi) is 3.36. The molecular weight excluding hydrogens is 216 g/mol. The molecule has 2 aliphatic carbocycles. The van der Waals surface area contributed by atoms with E-state index in [0.29, 0.717) is 25.9 Å². The van der Waals surface area contributed by atoms with E-state index in [9.17, 15) is 9.59 Å². The van der Waals surface area contributed by atoms with E-state index >= 15 is 0 Å². The zero-order valence-electron chi connectivity index (χ0n) is 10.5. The summed E-state index contributed by atoms with van der Waals surface area (Å²) in [5.74, 6) is -0.232. The first kappa shape index (κ1) is 12.3. The summed E-state index contributed by atoms with van der Waals surface area (Å²) in [4.78, 5) is 24.2. The highest BCUT2D eigenvalue weighted by Gasteiger charge is 2.53. The maximum atomic E-state index is 12.2. The Morgan fingerprint density at radius 1 is 1.53 bits per heavy atom. The van der Waals surface area contributed by atoms with Crippen molar-refractivity contribution < 1.29 is 14.3 Å². The highest BCUT2D eigenvalue weighted by atomic mass is 16.5. The molecule has 0 saturated heterocycles. The van der Waals surface area contributed by atoms with Gasteiger partial charge in [-0.2, -0.15) is 0 Å². The van der Waals surface area contributed by atoms with Gasteiger partial charge in [0.2, 0.25) is 0 Å². The van der Waals surface area contributed by atoms with E-state index in [1.54, 1.807) is 6.92 Å². The van der Waals surface area contributed by atoms with Crippen molar-refractivity contribution in [1.82, 2.24) is 0 Å². The van der Waals surface area contributed by atoms with Crippen molar-refractivity contribution in [2.45, 2.75) is 45.4 Å². The molecule has 0 aromatic rings. The number of hydrogen-bond acceptors (Lipinski definition) is 3. The minimum Gasteiger partial charge on any atom is -0.466 e. The molecule has 3 heteroatoms. The molecule has 2 aliphatic rings. The molecular formula is C14H20O3. The average Bonchev–Trinajstić information content (AvgIpc) is 2.62. The van der Waals surface area contributed by atoms with Crippen LogP contribution in [0.25, 0.3) is 0 Å². The van der Waals surface area contributed by atoms with Crippen LogP contribution in [0.3, 0.4) is 0 Å². The van der Waals surface area contributed by atoms with Crippen LogP contribution in [0.15, 0.2) is 12.2 Å². The van der Waals surface area contributed by atoms with Crippen molar-refractivity contribution >= 4 is 11.8 Å². The molecule has 0 aromatic carbocycles. The lowest BCUT2D eigenvalue weighted by Gasteiger charge is -2.35. The Balaban J connectivity index is 2.26. The Bertz CT molecular complexity index is 358. The molecule has 94 valence electrons. The van der Waals surface area contributed by atoms with E-state index < -0.39 is 5.41 Å². The van der Waals surface area contributed by atoms with Gasteiger partial charge in [0.25, 0.3) is 0 Å². The lowest BCUT2D eigenvalue weighted by atomic mass is 9.66. The van der Waals surface area contributed by atoms with E-state index in [4.69, 9.17) is 4.74 Å². The van der Waals surface area contributed by atoms with Gasteiger partial charge in [0.15, 0.2) is 0 Å². The van der Waals surface area contributed by atoms with Gasteiger partial charge >= 0.3 is 5.97 Å². The molecule has 3 nitrogen and oxygen atoms in total. The first-order valence-corrected chi connectivity index (χ1v) is 6.47. The predicted octanol–water partition coefficient (Wildman–Crippen LogP) is 2.65. The van der Waals surface area contributed by atoms with Crippen LogP contribution in [0.2, 0.25) is 0 Å². The third-order valence-electron chi connectivity index (χ3n) is 4.13. The van der Waals surface area contributed by atoms with Crippen LogP contribution in [0.1, 0.15) is 45.4 Å². The molecule has 0 aromatic heterocycles. The highest BCUT2D eigenvalue weighted by molar-refractivity contribution is 5.92. The van der Waals surface area contributed by atoms with Crippen LogP contribution in [-0.2, 0) is 14.3 Å². The second kappa shape index (κ2) is 4.63. The number of Topliss-reactive ketones (excluding diaryl/α,β-unsaturated/α-hetero) is 1. The van der Waals surface area contributed by atoms with Crippen molar-refractivity contribution in [3.8, 4) is 0 Å².